The number of para-hydroxylation sites is 1. The van der Waals surface area contributed by atoms with Crippen molar-refractivity contribution in [3.05, 3.63) is 72.3 Å². The summed E-state index contributed by atoms with van der Waals surface area (Å²) < 4.78 is 0. The number of anilines is 1. The first-order valence-corrected chi connectivity index (χ1v) is 7.37. The fraction of sp³-hybridized carbons (Fsp3) is 0.263. The van der Waals surface area contributed by atoms with Crippen molar-refractivity contribution in [2.45, 2.75) is 26.2 Å². The van der Waals surface area contributed by atoms with Crippen LogP contribution in [-0.4, -0.2) is 7.05 Å². The third-order valence-electron chi connectivity index (χ3n) is 3.47. The molecule has 0 aliphatic heterocycles. The van der Waals surface area contributed by atoms with E-state index < -0.39 is 0 Å². The molecule has 0 radical (unpaired) electrons. The Bertz CT molecular complexity index is 528. The van der Waals surface area contributed by atoms with Crippen molar-refractivity contribution >= 4 is 11.4 Å². The molecule has 0 saturated heterocycles. The second kappa shape index (κ2) is 7.54. The first kappa shape index (κ1) is 14.4. The number of hydrogen-bond donors (Lipinski definition) is 0. The van der Waals surface area contributed by atoms with E-state index in [-0.39, 0.29) is 0 Å². The van der Waals surface area contributed by atoms with E-state index in [1.54, 1.807) is 0 Å². The molecule has 0 bridgehead atoms. The summed E-state index contributed by atoms with van der Waals surface area (Å²) in [5.41, 5.74) is 3.78. The molecule has 104 valence electrons. The summed E-state index contributed by atoms with van der Waals surface area (Å²) in [4.78, 5) is 2.27. The highest BCUT2D eigenvalue weighted by atomic mass is 15.1. The Hall–Kier alpha value is -2.02. The Morgan fingerprint density at radius 3 is 2.15 bits per heavy atom. The summed E-state index contributed by atoms with van der Waals surface area (Å²) in [7, 11) is 2.14. The van der Waals surface area contributed by atoms with Crippen LogP contribution >= 0.6 is 0 Å². The van der Waals surface area contributed by atoms with Gasteiger partial charge in [-0.2, -0.15) is 0 Å². The maximum Gasteiger partial charge on any atom is 0.0441 e. The van der Waals surface area contributed by atoms with E-state index in [1.165, 1.54) is 29.8 Å². The van der Waals surface area contributed by atoms with E-state index in [1.807, 2.05) is 0 Å². The molecule has 0 aliphatic carbocycles. The molecule has 20 heavy (non-hydrogen) atoms. The molecule has 2 aromatic rings. The van der Waals surface area contributed by atoms with Crippen LogP contribution in [0.3, 0.4) is 0 Å². The number of allylic oxidation sites excluding steroid dienone is 1. The van der Waals surface area contributed by atoms with Crippen LogP contribution < -0.4 is 4.90 Å². The molecule has 1 nitrogen and oxygen atoms in total. The van der Waals surface area contributed by atoms with E-state index >= 15 is 0 Å². The van der Waals surface area contributed by atoms with Gasteiger partial charge in [-0.25, -0.2) is 0 Å². The Labute approximate surface area is 122 Å². The van der Waals surface area contributed by atoms with E-state index in [2.05, 4.69) is 85.6 Å². The summed E-state index contributed by atoms with van der Waals surface area (Å²) in [5, 5.41) is 0. The van der Waals surface area contributed by atoms with Gasteiger partial charge in [0.15, 0.2) is 0 Å². The van der Waals surface area contributed by atoms with Gasteiger partial charge in [0.25, 0.3) is 0 Å². The van der Waals surface area contributed by atoms with Crippen LogP contribution in [0.1, 0.15) is 31.7 Å². The molecule has 0 aromatic heterocycles. The summed E-state index contributed by atoms with van der Waals surface area (Å²) in [5.74, 6) is 0. The van der Waals surface area contributed by atoms with Gasteiger partial charge in [-0.15, -0.1) is 0 Å². The number of nitrogens with zero attached hydrogens (tertiary/aromatic N) is 1. The molecule has 2 rings (SSSR count). The van der Waals surface area contributed by atoms with Crippen molar-refractivity contribution in [3.8, 4) is 0 Å². The molecular formula is C19H23N. The SMILES string of the molecule is CCCC/C=C(\c1ccccc1)N(C)c1ccccc1. The lowest BCUT2D eigenvalue weighted by atomic mass is 10.1. The van der Waals surface area contributed by atoms with Crippen molar-refractivity contribution in [3.63, 3.8) is 0 Å². The third kappa shape index (κ3) is 3.74. The summed E-state index contributed by atoms with van der Waals surface area (Å²) in [6.07, 6.45) is 5.94. The van der Waals surface area contributed by atoms with Crippen LogP contribution in [0.4, 0.5) is 5.69 Å². The van der Waals surface area contributed by atoms with Crippen LogP contribution in [0.5, 0.6) is 0 Å². The van der Waals surface area contributed by atoms with Gasteiger partial charge in [-0.05, 0) is 30.5 Å². The van der Waals surface area contributed by atoms with Crippen LogP contribution in [0.25, 0.3) is 5.70 Å². The highest BCUT2D eigenvalue weighted by Crippen LogP contribution is 2.25. The molecule has 0 heterocycles. The van der Waals surface area contributed by atoms with E-state index in [0.29, 0.717) is 0 Å². The van der Waals surface area contributed by atoms with Gasteiger partial charge in [0.1, 0.15) is 0 Å². The maximum atomic E-state index is 2.35. The van der Waals surface area contributed by atoms with Crippen LogP contribution in [0.2, 0.25) is 0 Å². The second-order valence-corrected chi connectivity index (χ2v) is 4.99. The predicted octanol–water partition coefficient (Wildman–Crippen LogP) is 5.35. The molecule has 0 fully saturated rings. The summed E-state index contributed by atoms with van der Waals surface area (Å²) >= 11 is 0. The van der Waals surface area contributed by atoms with Gasteiger partial charge in [-0.3, -0.25) is 0 Å². The molecule has 0 N–H and O–H groups in total. The fourth-order valence-corrected chi connectivity index (χ4v) is 2.29. The van der Waals surface area contributed by atoms with Gasteiger partial charge in [0.2, 0.25) is 0 Å². The average Bonchev–Trinajstić information content (AvgIpc) is 2.53. The molecular weight excluding hydrogens is 242 g/mol. The highest BCUT2D eigenvalue weighted by Gasteiger charge is 2.08. The minimum atomic E-state index is 1.12. The minimum absolute atomic E-state index is 1.12. The molecule has 0 atom stereocenters. The molecule has 0 spiro atoms. The maximum absolute atomic E-state index is 2.35. The topological polar surface area (TPSA) is 3.24 Å². The number of hydrogen-bond acceptors (Lipinski definition) is 1. The summed E-state index contributed by atoms with van der Waals surface area (Å²) in [6, 6.07) is 21.1. The Morgan fingerprint density at radius 2 is 1.55 bits per heavy atom. The number of benzene rings is 2. The lowest BCUT2D eigenvalue weighted by molar-refractivity contribution is 0.814. The lowest BCUT2D eigenvalue weighted by Crippen LogP contribution is -2.15. The normalized spacial score (nSPS) is 11.4. The zero-order valence-electron chi connectivity index (χ0n) is 12.4. The van der Waals surface area contributed by atoms with Crippen LogP contribution in [0, 0.1) is 0 Å². The average molecular weight is 265 g/mol. The standard InChI is InChI=1S/C19H23N/c1-3-4-7-16-19(17-12-8-5-9-13-17)20(2)18-14-10-6-11-15-18/h5-6,8-16H,3-4,7H2,1-2H3/b19-16+. The minimum Gasteiger partial charge on any atom is -0.344 e. The van der Waals surface area contributed by atoms with Crippen molar-refractivity contribution in [1.82, 2.24) is 0 Å². The lowest BCUT2D eigenvalue weighted by Gasteiger charge is -2.23. The van der Waals surface area contributed by atoms with Crippen LogP contribution in [0.15, 0.2) is 66.7 Å². The van der Waals surface area contributed by atoms with E-state index in [0.717, 1.165) is 6.42 Å². The quantitative estimate of drug-likeness (QED) is 0.636. The monoisotopic (exact) mass is 265 g/mol. The van der Waals surface area contributed by atoms with Crippen molar-refractivity contribution < 1.29 is 0 Å². The van der Waals surface area contributed by atoms with Gasteiger partial charge >= 0.3 is 0 Å². The molecule has 0 aliphatic rings. The Morgan fingerprint density at radius 1 is 0.950 bits per heavy atom. The van der Waals surface area contributed by atoms with Crippen molar-refractivity contribution in [2.75, 3.05) is 11.9 Å². The first-order valence-electron chi connectivity index (χ1n) is 7.37. The Kier molecular flexibility index (Phi) is 5.43. The van der Waals surface area contributed by atoms with Crippen molar-refractivity contribution in [2.24, 2.45) is 0 Å². The van der Waals surface area contributed by atoms with Crippen molar-refractivity contribution in [1.29, 1.82) is 0 Å². The number of unbranched alkanes of at least 4 members (excludes halogenated alkanes) is 2. The first-order chi connectivity index (χ1) is 9.83. The molecule has 0 saturated carbocycles. The Balaban J connectivity index is 2.29. The van der Waals surface area contributed by atoms with E-state index in [9.17, 15) is 0 Å². The van der Waals surface area contributed by atoms with Gasteiger partial charge < -0.3 is 4.90 Å². The van der Waals surface area contributed by atoms with Gasteiger partial charge in [0, 0.05) is 18.4 Å². The smallest absolute Gasteiger partial charge is 0.0441 e. The van der Waals surface area contributed by atoms with Gasteiger partial charge in [-0.1, -0.05) is 68.0 Å². The second-order valence-electron chi connectivity index (χ2n) is 4.99. The molecule has 2 aromatic carbocycles. The summed E-state index contributed by atoms with van der Waals surface area (Å²) in [6.45, 7) is 2.23. The zero-order valence-corrected chi connectivity index (χ0v) is 12.4. The van der Waals surface area contributed by atoms with Crippen LogP contribution in [-0.2, 0) is 0 Å². The zero-order chi connectivity index (χ0) is 14.2. The fourth-order valence-electron chi connectivity index (χ4n) is 2.29. The largest absolute Gasteiger partial charge is 0.344 e. The molecule has 0 unspecified atom stereocenters. The third-order valence-corrected chi connectivity index (χ3v) is 3.47. The molecule has 1 heteroatoms. The highest BCUT2D eigenvalue weighted by molar-refractivity contribution is 5.78. The van der Waals surface area contributed by atoms with Gasteiger partial charge in [0.05, 0.1) is 0 Å². The predicted molar refractivity (Wildman–Crippen MR) is 88.8 cm³/mol. The van der Waals surface area contributed by atoms with E-state index in [4.69, 9.17) is 0 Å². The number of rotatable bonds is 6. The molecule has 0 amide bonds.